The van der Waals surface area contributed by atoms with Crippen LogP contribution in [0.25, 0.3) is 0 Å². The molecular weight excluding hydrogens is 255 g/mol. The molecule has 18 heavy (non-hydrogen) atoms. The Hall–Kier alpha value is -1.09. The molecule has 0 aliphatic carbocycles. The molecule has 0 fully saturated rings. The maximum Gasteiger partial charge on any atom is 0.311 e. The zero-order chi connectivity index (χ0) is 13.9. The van der Waals surface area contributed by atoms with Crippen LogP contribution >= 0.6 is 11.6 Å². The van der Waals surface area contributed by atoms with Gasteiger partial charge in [-0.15, -0.1) is 0 Å². The molecule has 1 rings (SSSR count). The fourth-order valence-corrected chi connectivity index (χ4v) is 2.51. The molecule has 0 aromatic heterocycles. The lowest BCUT2D eigenvalue weighted by Gasteiger charge is -2.22. The second-order valence-corrected chi connectivity index (χ2v) is 5.47. The molecule has 0 saturated carbocycles. The summed E-state index contributed by atoms with van der Waals surface area (Å²) in [6.45, 7) is 5.87. The Labute approximate surface area is 112 Å². The molecule has 4 heteroatoms. The van der Waals surface area contributed by atoms with E-state index in [2.05, 4.69) is 0 Å². The van der Waals surface area contributed by atoms with Gasteiger partial charge in [0.15, 0.2) is 0 Å². The van der Waals surface area contributed by atoms with Crippen molar-refractivity contribution in [3.8, 4) is 0 Å². The van der Waals surface area contributed by atoms with Crippen molar-refractivity contribution in [1.82, 2.24) is 0 Å². The second-order valence-electron chi connectivity index (χ2n) is 5.07. The van der Waals surface area contributed by atoms with E-state index in [0.717, 1.165) is 6.42 Å². The fourth-order valence-electron chi connectivity index (χ4n) is 2.32. The van der Waals surface area contributed by atoms with E-state index in [0.29, 0.717) is 5.92 Å². The summed E-state index contributed by atoms with van der Waals surface area (Å²) < 4.78 is 13.9. The molecule has 1 aromatic rings. The van der Waals surface area contributed by atoms with Crippen LogP contribution in [0.5, 0.6) is 0 Å². The summed E-state index contributed by atoms with van der Waals surface area (Å²) in [5.74, 6) is -2.27. The molecule has 0 bridgehead atoms. The van der Waals surface area contributed by atoms with Crippen molar-refractivity contribution < 1.29 is 14.3 Å². The molecule has 0 heterocycles. The molecule has 0 saturated heterocycles. The number of carboxylic acid groups (broad SMARTS) is 1. The van der Waals surface area contributed by atoms with E-state index in [9.17, 15) is 14.3 Å². The van der Waals surface area contributed by atoms with Gasteiger partial charge in [-0.3, -0.25) is 4.79 Å². The van der Waals surface area contributed by atoms with Crippen LogP contribution in [0.4, 0.5) is 4.39 Å². The van der Waals surface area contributed by atoms with Gasteiger partial charge in [-0.25, -0.2) is 4.39 Å². The zero-order valence-electron chi connectivity index (χ0n) is 10.8. The van der Waals surface area contributed by atoms with Crippen molar-refractivity contribution in [3.05, 3.63) is 34.6 Å². The first-order chi connectivity index (χ1) is 8.34. The standard InChI is InChI=1S/C14H18ClFO2/c1-8(2)7-9(3)12(14(17)18)10-5-4-6-11(15)13(10)16/h4-6,8-9,12H,7H2,1-3H3,(H,17,18). The van der Waals surface area contributed by atoms with Crippen LogP contribution < -0.4 is 0 Å². The predicted octanol–water partition coefficient (Wildman–Crippen LogP) is 4.33. The topological polar surface area (TPSA) is 37.3 Å². The zero-order valence-corrected chi connectivity index (χ0v) is 11.5. The molecule has 2 nitrogen and oxygen atoms in total. The first kappa shape index (κ1) is 15.0. The number of carboxylic acids is 1. The van der Waals surface area contributed by atoms with Crippen molar-refractivity contribution in [3.63, 3.8) is 0 Å². The minimum atomic E-state index is -1.01. The van der Waals surface area contributed by atoms with Crippen LogP contribution in [0.3, 0.4) is 0 Å². The van der Waals surface area contributed by atoms with Crippen LogP contribution in [0.15, 0.2) is 18.2 Å². The van der Waals surface area contributed by atoms with Crippen molar-refractivity contribution in [2.75, 3.05) is 0 Å². The predicted molar refractivity (Wildman–Crippen MR) is 70.4 cm³/mol. The summed E-state index contributed by atoms with van der Waals surface area (Å²) in [6, 6.07) is 4.50. The Bertz CT molecular complexity index is 432. The summed E-state index contributed by atoms with van der Waals surface area (Å²) in [5.41, 5.74) is 0.170. The van der Waals surface area contributed by atoms with Gasteiger partial charge in [0, 0.05) is 5.56 Å². The SMILES string of the molecule is CC(C)CC(C)C(C(=O)O)c1cccc(Cl)c1F. The maximum atomic E-state index is 13.9. The third-order valence-electron chi connectivity index (χ3n) is 2.99. The highest BCUT2D eigenvalue weighted by Gasteiger charge is 2.30. The lowest BCUT2D eigenvalue weighted by molar-refractivity contribution is -0.140. The summed E-state index contributed by atoms with van der Waals surface area (Å²) in [6.07, 6.45) is 0.725. The van der Waals surface area contributed by atoms with Gasteiger partial charge in [0.1, 0.15) is 5.82 Å². The molecule has 0 aliphatic rings. The van der Waals surface area contributed by atoms with Crippen LogP contribution in [0.2, 0.25) is 5.02 Å². The monoisotopic (exact) mass is 272 g/mol. The van der Waals surface area contributed by atoms with Gasteiger partial charge >= 0.3 is 5.97 Å². The number of aliphatic carboxylic acids is 1. The Balaban J connectivity index is 3.12. The first-order valence-corrected chi connectivity index (χ1v) is 6.39. The molecule has 0 radical (unpaired) electrons. The highest BCUT2D eigenvalue weighted by atomic mass is 35.5. The summed E-state index contributed by atoms with van der Waals surface area (Å²) >= 11 is 5.71. The third kappa shape index (κ3) is 3.45. The van der Waals surface area contributed by atoms with Gasteiger partial charge < -0.3 is 5.11 Å². The van der Waals surface area contributed by atoms with Crippen molar-refractivity contribution >= 4 is 17.6 Å². The number of hydrogen-bond donors (Lipinski definition) is 1. The van der Waals surface area contributed by atoms with Crippen LogP contribution in [0, 0.1) is 17.7 Å². The minimum Gasteiger partial charge on any atom is -0.481 e. The summed E-state index contributed by atoms with van der Waals surface area (Å²) in [7, 11) is 0. The van der Waals surface area contributed by atoms with Crippen molar-refractivity contribution in [1.29, 1.82) is 0 Å². The van der Waals surface area contributed by atoms with Gasteiger partial charge in [-0.05, 0) is 24.3 Å². The van der Waals surface area contributed by atoms with Crippen LogP contribution in [-0.4, -0.2) is 11.1 Å². The van der Waals surface area contributed by atoms with E-state index in [1.165, 1.54) is 12.1 Å². The van der Waals surface area contributed by atoms with E-state index >= 15 is 0 Å². The van der Waals surface area contributed by atoms with Gasteiger partial charge in [0.25, 0.3) is 0 Å². The Morgan fingerprint density at radius 2 is 2.00 bits per heavy atom. The summed E-state index contributed by atoms with van der Waals surface area (Å²) in [4.78, 5) is 11.4. The van der Waals surface area contributed by atoms with Crippen LogP contribution in [0.1, 0.15) is 38.7 Å². The first-order valence-electron chi connectivity index (χ1n) is 6.01. The van der Waals surface area contributed by atoms with Gasteiger partial charge in [-0.2, -0.15) is 0 Å². The van der Waals surface area contributed by atoms with Crippen molar-refractivity contribution in [2.24, 2.45) is 11.8 Å². The molecule has 0 spiro atoms. The Morgan fingerprint density at radius 1 is 1.39 bits per heavy atom. The Kier molecular flexibility index (Phi) is 5.15. The normalized spacial score (nSPS) is 14.6. The molecule has 1 aromatic carbocycles. The highest BCUT2D eigenvalue weighted by molar-refractivity contribution is 6.30. The number of benzene rings is 1. The average Bonchev–Trinajstić information content (AvgIpc) is 2.23. The number of hydrogen-bond acceptors (Lipinski definition) is 1. The van der Waals surface area contributed by atoms with Gasteiger partial charge in [0.05, 0.1) is 10.9 Å². The van der Waals surface area contributed by atoms with E-state index in [-0.39, 0.29) is 16.5 Å². The molecule has 100 valence electrons. The van der Waals surface area contributed by atoms with Crippen molar-refractivity contribution in [2.45, 2.75) is 33.1 Å². The van der Waals surface area contributed by atoms with E-state index < -0.39 is 17.7 Å². The lowest BCUT2D eigenvalue weighted by Crippen LogP contribution is -2.22. The quantitative estimate of drug-likeness (QED) is 0.866. The number of rotatable bonds is 5. The molecule has 0 amide bonds. The molecule has 2 unspecified atom stereocenters. The van der Waals surface area contributed by atoms with Crippen LogP contribution in [-0.2, 0) is 4.79 Å². The third-order valence-corrected chi connectivity index (χ3v) is 3.29. The summed E-state index contributed by atoms with van der Waals surface area (Å²) in [5, 5.41) is 9.28. The van der Waals surface area contributed by atoms with E-state index in [1.807, 2.05) is 20.8 Å². The second kappa shape index (κ2) is 6.19. The maximum absolute atomic E-state index is 13.9. The Morgan fingerprint density at radius 3 is 2.50 bits per heavy atom. The lowest BCUT2D eigenvalue weighted by atomic mass is 9.82. The number of halogens is 2. The smallest absolute Gasteiger partial charge is 0.311 e. The fraction of sp³-hybridized carbons (Fsp3) is 0.500. The average molecular weight is 273 g/mol. The highest BCUT2D eigenvalue weighted by Crippen LogP contribution is 2.33. The van der Waals surface area contributed by atoms with E-state index in [1.54, 1.807) is 6.07 Å². The molecule has 0 aliphatic heterocycles. The number of carbonyl (C=O) groups is 1. The van der Waals surface area contributed by atoms with Gasteiger partial charge in [0.2, 0.25) is 0 Å². The largest absolute Gasteiger partial charge is 0.481 e. The van der Waals surface area contributed by atoms with Gasteiger partial charge in [-0.1, -0.05) is 44.5 Å². The molecule has 1 N–H and O–H groups in total. The molecular formula is C14H18ClFO2. The van der Waals surface area contributed by atoms with E-state index in [4.69, 9.17) is 11.6 Å². The molecule has 2 atom stereocenters. The minimum absolute atomic E-state index is 0.0319.